The van der Waals surface area contributed by atoms with E-state index in [1.807, 2.05) is 85.3 Å². The van der Waals surface area contributed by atoms with Crippen molar-refractivity contribution in [2.75, 3.05) is 12.9 Å². The van der Waals surface area contributed by atoms with Gasteiger partial charge < -0.3 is 4.74 Å². The average molecular weight is 533 g/mol. The number of aryl methyl sites for hydroxylation is 1. The Morgan fingerprint density at radius 1 is 1.14 bits per heavy atom. The lowest BCUT2D eigenvalue weighted by Crippen LogP contribution is -2.40. The van der Waals surface area contributed by atoms with Crippen molar-refractivity contribution >= 4 is 52.2 Å². The van der Waals surface area contributed by atoms with Crippen molar-refractivity contribution in [1.82, 2.24) is 4.57 Å². The monoisotopic (exact) mass is 532 g/mol. The molecule has 8 heteroatoms. The third-order valence-electron chi connectivity index (χ3n) is 5.97. The number of fused-ring (bicyclic) bond motifs is 1. The molecule has 1 aliphatic rings. The molecule has 1 atom stereocenters. The van der Waals surface area contributed by atoms with Crippen molar-refractivity contribution < 1.29 is 9.53 Å². The van der Waals surface area contributed by atoms with Gasteiger partial charge in [-0.2, -0.15) is 0 Å². The van der Waals surface area contributed by atoms with Crippen molar-refractivity contribution in [2.45, 2.75) is 24.8 Å². The van der Waals surface area contributed by atoms with Gasteiger partial charge in [0.15, 0.2) is 4.80 Å². The molecule has 4 aromatic rings. The Balaban J connectivity index is 1.83. The molecule has 0 bridgehead atoms. The SMILES string of the molecule is CCOC(=O)C1=C(c2ccccc2)N=c2s/c(=C\c3sccc3C)c(=O)n2[C@H]1c1ccc(SC)cc1. The molecule has 0 N–H and O–H groups in total. The molecule has 0 saturated carbocycles. The number of ether oxygens (including phenoxy) is 1. The molecule has 36 heavy (non-hydrogen) atoms. The van der Waals surface area contributed by atoms with E-state index in [1.165, 1.54) is 11.3 Å². The maximum atomic E-state index is 13.8. The zero-order valence-electron chi connectivity index (χ0n) is 20.1. The topological polar surface area (TPSA) is 60.7 Å². The molecule has 1 aliphatic heterocycles. The molecule has 0 amide bonds. The summed E-state index contributed by atoms with van der Waals surface area (Å²) in [6, 6.07) is 19.0. The highest BCUT2D eigenvalue weighted by Crippen LogP contribution is 2.35. The number of hydrogen-bond acceptors (Lipinski definition) is 7. The fraction of sp³-hybridized carbons (Fsp3) is 0.179. The standard InChI is InChI=1S/C28H24N2O3S3/c1-4-33-27(32)23-24(18-8-6-5-7-9-18)29-28-30(25(23)19-10-12-20(34-3)13-11-19)26(31)22(36-28)16-21-17(2)14-15-35-21/h5-16,25H,4H2,1-3H3/b22-16-/t25-/m0/s1. The van der Waals surface area contributed by atoms with Crippen molar-refractivity contribution in [3.05, 3.63) is 113 Å². The predicted molar refractivity (Wildman–Crippen MR) is 148 cm³/mol. The summed E-state index contributed by atoms with van der Waals surface area (Å²) in [4.78, 5) is 34.9. The van der Waals surface area contributed by atoms with Crippen LogP contribution >= 0.6 is 34.4 Å². The lowest BCUT2D eigenvalue weighted by Gasteiger charge is -2.26. The number of thiophene rings is 1. The number of thioether (sulfide) groups is 1. The number of benzene rings is 2. The van der Waals surface area contributed by atoms with Gasteiger partial charge in [0.2, 0.25) is 0 Å². The van der Waals surface area contributed by atoms with Gasteiger partial charge in [-0.3, -0.25) is 9.36 Å². The third-order valence-corrected chi connectivity index (χ3v) is 8.66. The first kappa shape index (κ1) is 24.5. The molecule has 5 rings (SSSR count). The lowest BCUT2D eigenvalue weighted by atomic mass is 9.93. The molecule has 0 unspecified atom stereocenters. The number of carbonyl (C=O) groups excluding carboxylic acids is 1. The fourth-order valence-corrected chi connectivity index (χ4v) is 6.52. The molecular weight excluding hydrogens is 509 g/mol. The normalized spacial score (nSPS) is 15.5. The van der Waals surface area contributed by atoms with Crippen LogP contribution in [0, 0.1) is 6.92 Å². The van der Waals surface area contributed by atoms with Gasteiger partial charge in [0.05, 0.1) is 28.5 Å². The van der Waals surface area contributed by atoms with Crippen molar-refractivity contribution in [2.24, 2.45) is 4.99 Å². The highest BCUT2D eigenvalue weighted by Gasteiger charge is 2.35. The minimum Gasteiger partial charge on any atom is -0.463 e. The van der Waals surface area contributed by atoms with E-state index in [-0.39, 0.29) is 12.2 Å². The number of thiazole rings is 1. The number of carbonyl (C=O) groups is 1. The van der Waals surface area contributed by atoms with Crippen LogP contribution in [0.3, 0.4) is 0 Å². The number of aromatic nitrogens is 1. The Bertz CT molecular complexity index is 1630. The van der Waals surface area contributed by atoms with E-state index in [1.54, 1.807) is 34.6 Å². The zero-order valence-corrected chi connectivity index (χ0v) is 22.5. The second-order valence-corrected chi connectivity index (χ2v) is 11.0. The molecule has 182 valence electrons. The van der Waals surface area contributed by atoms with E-state index in [0.717, 1.165) is 26.5 Å². The first-order valence-electron chi connectivity index (χ1n) is 11.5. The van der Waals surface area contributed by atoms with Crippen LogP contribution in [0.4, 0.5) is 0 Å². The summed E-state index contributed by atoms with van der Waals surface area (Å²) in [5, 5.41) is 2.01. The Kier molecular flexibility index (Phi) is 7.09. The van der Waals surface area contributed by atoms with E-state index in [2.05, 4.69) is 0 Å². The average Bonchev–Trinajstić information content (AvgIpc) is 3.45. The van der Waals surface area contributed by atoms with E-state index >= 15 is 0 Å². The van der Waals surface area contributed by atoms with Crippen molar-refractivity contribution in [3.63, 3.8) is 0 Å². The molecule has 0 aliphatic carbocycles. The largest absolute Gasteiger partial charge is 0.463 e. The molecule has 2 aromatic heterocycles. The van der Waals surface area contributed by atoms with E-state index in [9.17, 15) is 9.59 Å². The van der Waals surface area contributed by atoms with E-state index in [4.69, 9.17) is 9.73 Å². The summed E-state index contributed by atoms with van der Waals surface area (Å²) >= 11 is 4.58. The van der Waals surface area contributed by atoms with Crippen LogP contribution in [0.1, 0.15) is 34.5 Å². The van der Waals surface area contributed by atoms with Crippen LogP contribution in [0.2, 0.25) is 0 Å². The predicted octanol–water partition coefficient (Wildman–Crippen LogP) is 5.03. The van der Waals surface area contributed by atoms with Gasteiger partial charge in [0.25, 0.3) is 5.56 Å². The second-order valence-electron chi connectivity index (χ2n) is 8.17. The van der Waals surface area contributed by atoms with Crippen LogP contribution in [-0.4, -0.2) is 23.4 Å². The Morgan fingerprint density at radius 2 is 1.89 bits per heavy atom. The highest BCUT2D eigenvalue weighted by atomic mass is 32.2. The Morgan fingerprint density at radius 3 is 2.53 bits per heavy atom. The van der Waals surface area contributed by atoms with Gasteiger partial charge in [0, 0.05) is 15.3 Å². The number of nitrogens with zero attached hydrogens (tertiary/aromatic N) is 2. The molecule has 0 fully saturated rings. The maximum Gasteiger partial charge on any atom is 0.338 e. The summed E-state index contributed by atoms with van der Waals surface area (Å²) in [5.74, 6) is -0.470. The van der Waals surface area contributed by atoms with Crippen LogP contribution in [0.5, 0.6) is 0 Å². The second kappa shape index (κ2) is 10.4. The maximum absolute atomic E-state index is 13.8. The molecule has 5 nitrogen and oxygen atoms in total. The molecule has 2 aromatic carbocycles. The minimum atomic E-state index is -0.655. The van der Waals surface area contributed by atoms with Gasteiger partial charge in [0.1, 0.15) is 0 Å². The highest BCUT2D eigenvalue weighted by molar-refractivity contribution is 7.98. The van der Waals surface area contributed by atoms with Crippen LogP contribution in [-0.2, 0) is 9.53 Å². The summed E-state index contributed by atoms with van der Waals surface area (Å²) in [6.07, 6.45) is 3.94. The third kappa shape index (κ3) is 4.52. The zero-order chi connectivity index (χ0) is 25.2. The van der Waals surface area contributed by atoms with Gasteiger partial charge in [-0.05, 0) is 60.9 Å². The summed E-state index contributed by atoms with van der Waals surface area (Å²) < 4.78 is 7.74. The smallest absolute Gasteiger partial charge is 0.338 e. The van der Waals surface area contributed by atoms with Crippen LogP contribution in [0.25, 0.3) is 11.8 Å². The van der Waals surface area contributed by atoms with E-state index < -0.39 is 12.0 Å². The summed E-state index contributed by atoms with van der Waals surface area (Å²) in [5.41, 5.74) is 3.49. The van der Waals surface area contributed by atoms with Gasteiger partial charge in [-0.1, -0.05) is 53.8 Å². The number of esters is 1. The molecular formula is C28H24N2O3S3. The molecule has 0 spiro atoms. The van der Waals surface area contributed by atoms with Crippen molar-refractivity contribution in [1.29, 1.82) is 0 Å². The Hall–Kier alpha value is -3.20. The fourth-order valence-electron chi connectivity index (χ4n) is 4.19. The number of rotatable bonds is 6. The quantitative estimate of drug-likeness (QED) is 0.258. The Labute approximate surface area is 221 Å². The summed E-state index contributed by atoms with van der Waals surface area (Å²) in [7, 11) is 0. The van der Waals surface area contributed by atoms with Gasteiger partial charge >= 0.3 is 5.97 Å². The van der Waals surface area contributed by atoms with Crippen LogP contribution in [0.15, 0.2) is 86.3 Å². The number of hydrogen-bond donors (Lipinski definition) is 0. The minimum absolute atomic E-state index is 0.167. The lowest BCUT2D eigenvalue weighted by molar-refractivity contribution is -0.138. The molecule has 3 heterocycles. The van der Waals surface area contributed by atoms with E-state index in [0.29, 0.717) is 20.6 Å². The molecule has 0 radical (unpaired) electrons. The van der Waals surface area contributed by atoms with Gasteiger partial charge in [-0.15, -0.1) is 23.1 Å². The van der Waals surface area contributed by atoms with Crippen LogP contribution < -0.4 is 14.9 Å². The first-order chi connectivity index (χ1) is 17.5. The van der Waals surface area contributed by atoms with Gasteiger partial charge in [-0.25, -0.2) is 9.79 Å². The summed E-state index contributed by atoms with van der Waals surface area (Å²) in [6.45, 7) is 4.04. The molecule has 0 saturated heterocycles. The first-order valence-corrected chi connectivity index (χ1v) is 14.4. The van der Waals surface area contributed by atoms with Crippen molar-refractivity contribution in [3.8, 4) is 0 Å².